The lowest BCUT2D eigenvalue weighted by Crippen LogP contribution is -1.91. The molecular weight excluding hydrogens is 156 g/mol. The van der Waals surface area contributed by atoms with Gasteiger partial charge >= 0.3 is 0 Å². The van der Waals surface area contributed by atoms with Crippen molar-refractivity contribution in [2.75, 3.05) is 7.11 Å². The second kappa shape index (κ2) is 2.88. The fourth-order valence-corrected chi connectivity index (χ4v) is 2.49. The van der Waals surface area contributed by atoms with Crippen LogP contribution in [0.3, 0.4) is 0 Å². The van der Waals surface area contributed by atoms with Crippen molar-refractivity contribution in [3.63, 3.8) is 0 Å². The summed E-state index contributed by atoms with van der Waals surface area (Å²) in [6, 6.07) is 8.46. The average Bonchev–Trinajstić information content (AvgIpc) is 2.47. The molecule has 1 atom stereocenters. The summed E-state index contributed by atoms with van der Waals surface area (Å²) in [6.07, 6.45) is 0. The zero-order valence-electron chi connectivity index (χ0n) is 6.41. The van der Waals surface area contributed by atoms with Crippen molar-refractivity contribution in [3.8, 4) is 0 Å². The highest BCUT2D eigenvalue weighted by atomic mass is 32.2. The molecule has 0 amide bonds. The lowest BCUT2D eigenvalue weighted by atomic mass is 10.1. The van der Waals surface area contributed by atoms with Crippen LogP contribution in [0.4, 0.5) is 0 Å². The molecule has 1 heterocycles. The summed E-state index contributed by atoms with van der Waals surface area (Å²) in [5.74, 6) is 1.09. The highest BCUT2D eigenvalue weighted by molar-refractivity contribution is 7.98. The van der Waals surface area contributed by atoms with E-state index in [0.717, 1.165) is 5.75 Å². The minimum Gasteiger partial charge on any atom is -0.366 e. The Labute approximate surface area is 70.8 Å². The van der Waals surface area contributed by atoms with Crippen molar-refractivity contribution in [1.82, 2.24) is 0 Å². The van der Waals surface area contributed by atoms with Gasteiger partial charge in [-0.3, -0.25) is 0 Å². The van der Waals surface area contributed by atoms with Crippen molar-refractivity contribution < 1.29 is 4.74 Å². The van der Waals surface area contributed by atoms with Crippen molar-refractivity contribution in [2.45, 2.75) is 11.2 Å². The fourth-order valence-electron chi connectivity index (χ4n) is 1.35. The number of methoxy groups -OCH3 is 1. The summed E-state index contributed by atoms with van der Waals surface area (Å²) in [7, 11) is 1.76. The Balaban J connectivity index is 2.39. The third-order valence-electron chi connectivity index (χ3n) is 1.91. The van der Waals surface area contributed by atoms with Gasteiger partial charge in [-0.25, -0.2) is 0 Å². The van der Waals surface area contributed by atoms with Crippen LogP contribution < -0.4 is 0 Å². The predicted octanol–water partition coefficient (Wildman–Crippen LogP) is 2.58. The van der Waals surface area contributed by atoms with Crippen LogP contribution in [0.5, 0.6) is 0 Å². The predicted molar refractivity (Wildman–Crippen MR) is 47.5 cm³/mol. The van der Waals surface area contributed by atoms with Gasteiger partial charge in [-0.15, -0.1) is 11.8 Å². The first kappa shape index (κ1) is 7.19. The fraction of sp³-hybridized carbons (Fsp3) is 0.333. The Morgan fingerprint density at radius 1 is 1.45 bits per heavy atom. The van der Waals surface area contributed by atoms with Crippen molar-refractivity contribution in [2.24, 2.45) is 0 Å². The molecule has 1 aromatic rings. The van der Waals surface area contributed by atoms with Crippen molar-refractivity contribution in [3.05, 3.63) is 35.4 Å². The zero-order valence-corrected chi connectivity index (χ0v) is 7.23. The van der Waals surface area contributed by atoms with Gasteiger partial charge in [0.2, 0.25) is 0 Å². The van der Waals surface area contributed by atoms with E-state index in [9.17, 15) is 0 Å². The number of hydrogen-bond acceptors (Lipinski definition) is 2. The second-order valence-corrected chi connectivity index (χ2v) is 3.63. The Hall–Kier alpha value is -0.470. The Kier molecular flexibility index (Phi) is 1.88. The van der Waals surface area contributed by atoms with Gasteiger partial charge in [0.25, 0.3) is 0 Å². The minimum absolute atomic E-state index is 0.270. The summed E-state index contributed by atoms with van der Waals surface area (Å²) in [5.41, 5.74) is 3.04. The second-order valence-electron chi connectivity index (χ2n) is 2.58. The number of thioether (sulfide) groups is 1. The summed E-state index contributed by atoms with van der Waals surface area (Å²) in [4.78, 5) is 0. The molecule has 11 heavy (non-hydrogen) atoms. The maximum Gasteiger partial charge on any atom is 0.128 e. The van der Waals surface area contributed by atoms with Crippen LogP contribution in [-0.4, -0.2) is 7.11 Å². The molecule has 1 nitrogen and oxygen atoms in total. The van der Waals surface area contributed by atoms with Crippen LogP contribution in [0.1, 0.15) is 16.6 Å². The number of fused-ring (bicyclic) bond motifs is 1. The first-order chi connectivity index (χ1) is 5.42. The highest BCUT2D eigenvalue weighted by Gasteiger charge is 2.21. The van der Waals surface area contributed by atoms with Gasteiger partial charge in [0.05, 0.1) is 0 Å². The molecule has 1 aromatic carbocycles. The van der Waals surface area contributed by atoms with E-state index < -0.39 is 0 Å². The molecule has 0 radical (unpaired) electrons. The Morgan fingerprint density at radius 2 is 2.27 bits per heavy atom. The first-order valence-electron chi connectivity index (χ1n) is 3.64. The quantitative estimate of drug-likeness (QED) is 0.634. The van der Waals surface area contributed by atoms with Gasteiger partial charge in [-0.05, 0) is 11.1 Å². The molecule has 0 saturated heterocycles. The van der Waals surface area contributed by atoms with Crippen LogP contribution >= 0.6 is 11.8 Å². The molecule has 0 saturated carbocycles. The van der Waals surface area contributed by atoms with E-state index in [4.69, 9.17) is 4.74 Å². The summed E-state index contributed by atoms with van der Waals surface area (Å²) in [6.45, 7) is 0. The summed E-state index contributed by atoms with van der Waals surface area (Å²) >= 11 is 1.85. The molecule has 1 aliphatic heterocycles. The first-order valence-corrected chi connectivity index (χ1v) is 4.69. The maximum atomic E-state index is 5.30. The number of rotatable bonds is 1. The zero-order chi connectivity index (χ0) is 7.68. The monoisotopic (exact) mass is 166 g/mol. The molecule has 0 aromatic heterocycles. The average molecular weight is 166 g/mol. The SMILES string of the molecule is COC1SCc2ccccc21. The van der Waals surface area contributed by atoms with E-state index in [1.54, 1.807) is 7.11 Å². The third-order valence-corrected chi connectivity index (χ3v) is 3.14. The highest BCUT2D eigenvalue weighted by Crippen LogP contribution is 2.41. The molecule has 0 aliphatic carbocycles. The van der Waals surface area contributed by atoms with E-state index in [-0.39, 0.29) is 5.44 Å². The number of ether oxygens (including phenoxy) is 1. The summed E-state index contributed by atoms with van der Waals surface area (Å²) in [5, 5.41) is 0. The third kappa shape index (κ3) is 1.17. The van der Waals surface area contributed by atoms with Gasteiger partial charge < -0.3 is 4.74 Å². The number of benzene rings is 1. The lowest BCUT2D eigenvalue weighted by molar-refractivity contribution is 0.177. The standard InChI is InChI=1S/C9H10OS/c1-10-9-8-5-3-2-4-7(8)6-11-9/h2-5,9H,6H2,1H3. The van der Waals surface area contributed by atoms with E-state index in [1.807, 2.05) is 11.8 Å². The Morgan fingerprint density at radius 3 is 3.09 bits per heavy atom. The van der Waals surface area contributed by atoms with Gasteiger partial charge in [-0.2, -0.15) is 0 Å². The van der Waals surface area contributed by atoms with Crippen LogP contribution in [-0.2, 0) is 10.5 Å². The Bertz CT molecular complexity index is 259. The molecule has 1 unspecified atom stereocenters. The van der Waals surface area contributed by atoms with E-state index in [1.165, 1.54) is 11.1 Å². The molecule has 0 fully saturated rings. The minimum atomic E-state index is 0.270. The van der Waals surface area contributed by atoms with Crippen LogP contribution in [0, 0.1) is 0 Å². The topological polar surface area (TPSA) is 9.23 Å². The van der Waals surface area contributed by atoms with Gasteiger partial charge in [-0.1, -0.05) is 24.3 Å². The molecule has 2 rings (SSSR count). The van der Waals surface area contributed by atoms with Crippen LogP contribution in [0.15, 0.2) is 24.3 Å². The molecule has 0 bridgehead atoms. The normalized spacial score (nSPS) is 21.7. The van der Waals surface area contributed by atoms with Gasteiger partial charge in [0.15, 0.2) is 0 Å². The largest absolute Gasteiger partial charge is 0.366 e. The van der Waals surface area contributed by atoms with E-state index in [0.29, 0.717) is 0 Å². The van der Waals surface area contributed by atoms with Crippen LogP contribution in [0.2, 0.25) is 0 Å². The van der Waals surface area contributed by atoms with E-state index in [2.05, 4.69) is 24.3 Å². The van der Waals surface area contributed by atoms with E-state index >= 15 is 0 Å². The van der Waals surface area contributed by atoms with Gasteiger partial charge in [0.1, 0.15) is 5.44 Å². The molecule has 0 N–H and O–H groups in total. The van der Waals surface area contributed by atoms with Crippen LogP contribution in [0.25, 0.3) is 0 Å². The van der Waals surface area contributed by atoms with Crippen molar-refractivity contribution >= 4 is 11.8 Å². The molecule has 0 spiro atoms. The van der Waals surface area contributed by atoms with Gasteiger partial charge in [0, 0.05) is 12.9 Å². The molecule has 2 heteroatoms. The smallest absolute Gasteiger partial charge is 0.128 e. The number of hydrogen-bond donors (Lipinski definition) is 0. The lowest BCUT2D eigenvalue weighted by Gasteiger charge is -2.06. The molecular formula is C9H10OS. The van der Waals surface area contributed by atoms with Crippen molar-refractivity contribution in [1.29, 1.82) is 0 Å². The summed E-state index contributed by atoms with van der Waals surface area (Å²) < 4.78 is 5.30. The molecule has 58 valence electrons. The maximum absolute atomic E-state index is 5.30. The molecule has 1 aliphatic rings.